The highest BCUT2D eigenvalue weighted by atomic mass is 16.5. The van der Waals surface area contributed by atoms with Crippen LogP contribution in [-0.4, -0.2) is 32.1 Å². The van der Waals surface area contributed by atoms with Crippen molar-refractivity contribution >= 4 is 12.0 Å². The van der Waals surface area contributed by atoms with Crippen molar-refractivity contribution in [2.24, 2.45) is 0 Å². The standard InChI is InChI=1S/C12H15NO3/c1-13(2)11-10(15)4-3-9-8(7-14)5-6-16-12(9)11/h3-4,7-8,15H,5-6H2,1-2H3. The lowest BCUT2D eigenvalue weighted by molar-refractivity contribution is -0.109. The van der Waals surface area contributed by atoms with Gasteiger partial charge < -0.3 is 19.5 Å². The number of aldehydes is 1. The van der Waals surface area contributed by atoms with Crippen LogP contribution in [-0.2, 0) is 4.79 Å². The number of hydrogen-bond acceptors (Lipinski definition) is 4. The Morgan fingerprint density at radius 1 is 1.50 bits per heavy atom. The van der Waals surface area contributed by atoms with Crippen LogP contribution in [0.2, 0.25) is 0 Å². The predicted molar refractivity (Wildman–Crippen MR) is 61.4 cm³/mol. The van der Waals surface area contributed by atoms with Gasteiger partial charge in [0, 0.05) is 25.6 Å². The molecule has 0 aromatic heterocycles. The molecule has 0 bridgehead atoms. The largest absolute Gasteiger partial charge is 0.506 e. The van der Waals surface area contributed by atoms with E-state index in [1.165, 1.54) is 0 Å². The van der Waals surface area contributed by atoms with Gasteiger partial charge in [0.25, 0.3) is 0 Å². The molecule has 4 nitrogen and oxygen atoms in total. The minimum absolute atomic E-state index is 0.122. The molecule has 0 amide bonds. The molecule has 1 atom stereocenters. The Morgan fingerprint density at radius 3 is 2.88 bits per heavy atom. The summed E-state index contributed by atoms with van der Waals surface area (Å²) in [7, 11) is 3.67. The quantitative estimate of drug-likeness (QED) is 0.769. The number of nitrogens with zero attached hydrogens (tertiary/aromatic N) is 1. The number of aromatic hydroxyl groups is 1. The van der Waals surface area contributed by atoms with Crippen LogP contribution in [0.15, 0.2) is 12.1 Å². The number of ether oxygens (including phenoxy) is 1. The zero-order valence-electron chi connectivity index (χ0n) is 9.43. The molecule has 4 heteroatoms. The molecular formula is C12H15NO3. The third kappa shape index (κ3) is 1.60. The molecule has 0 fully saturated rings. The first kappa shape index (κ1) is 10.8. The van der Waals surface area contributed by atoms with Gasteiger partial charge in [-0.15, -0.1) is 0 Å². The molecule has 16 heavy (non-hydrogen) atoms. The van der Waals surface area contributed by atoms with Crippen LogP contribution in [0.4, 0.5) is 5.69 Å². The van der Waals surface area contributed by atoms with Crippen molar-refractivity contribution in [3.05, 3.63) is 17.7 Å². The summed E-state index contributed by atoms with van der Waals surface area (Å²) in [5.41, 5.74) is 1.51. The van der Waals surface area contributed by atoms with Crippen molar-refractivity contribution in [3.8, 4) is 11.5 Å². The maximum Gasteiger partial charge on any atom is 0.150 e. The monoisotopic (exact) mass is 221 g/mol. The third-order valence-corrected chi connectivity index (χ3v) is 2.83. The summed E-state index contributed by atoms with van der Waals surface area (Å²) in [5.74, 6) is 0.687. The highest BCUT2D eigenvalue weighted by Gasteiger charge is 2.25. The molecule has 1 aromatic rings. The average molecular weight is 221 g/mol. The Labute approximate surface area is 94.4 Å². The van der Waals surface area contributed by atoms with Gasteiger partial charge in [0.1, 0.15) is 23.5 Å². The van der Waals surface area contributed by atoms with Gasteiger partial charge in [-0.25, -0.2) is 0 Å². The lowest BCUT2D eigenvalue weighted by atomic mass is 9.93. The zero-order valence-corrected chi connectivity index (χ0v) is 9.43. The summed E-state index contributed by atoms with van der Waals surface area (Å²) < 4.78 is 5.57. The van der Waals surface area contributed by atoms with Crippen molar-refractivity contribution in [2.75, 3.05) is 25.6 Å². The second-order valence-electron chi connectivity index (χ2n) is 4.13. The van der Waals surface area contributed by atoms with Crippen molar-refractivity contribution < 1.29 is 14.6 Å². The molecular weight excluding hydrogens is 206 g/mol. The molecule has 86 valence electrons. The normalized spacial score (nSPS) is 18.5. The minimum atomic E-state index is -0.122. The Kier molecular flexibility index (Phi) is 2.73. The summed E-state index contributed by atoms with van der Waals surface area (Å²) in [6.45, 7) is 0.515. The summed E-state index contributed by atoms with van der Waals surface area (Å²) in [5, 5.41) is 9.79. The van der Waals surface area contributed by atoms with E-state index < -0.39 is 0 Å². The fraction of sp³-hybridized carbons (Fsp3) is 0.417. The number of rotatable bonds is 2. The lowest BCUT2D eigenvalue weighted by Gasteiger charge is -2.27. The summed E-state index contributed by atoms with van der Waals surface area (Å²) in [6, 6.07) is 3.37. The fourth-order valence-corrected chi connectivity index (χ4v) is 2.04. The number of phenols is 1. The van der Waals surface area contributed by atoms with E-state index in [4.69, 9.17) is 4.74 Å². The van der Waals surface area contributed by atoms with E-state index in [9.17, 15) is 9.90 Å². The van der Waals surface area contributed by atoms with Gasteiger partial charge in [0.05, 0.1) is 6.61 Å². The van der Waals surface area contributed by atoms with Crippen molar-refractivity contribution in [2.45, 2.75) is 12.3 Å². The first-order chi connectivity index (χ1) is 7.65. The smallest absolute Gasteiger partial charge is 0.150 e. The number of phenolic OH excluding ortho intramolecular Hbond substituents is 1. The molecule has 1 aliphatic rings. The SMILES string of the molecule is CN(C)c1c(O)ccc2c1OCCC2C=O. The second kappa shape index (κ2) is 4.04. The highest BCUT2D eigenvalue weighted by molar-refractivity contribution is 5.75. The summed E-state index contributed by atoms with van der Waals surface area (Å²) in [4.78, 5) is 12.8. The molecule has 1 heterocycles. The first-order valence-electron chi connectivity index (χ1n) is 5.26. The van der Waals surface area contributed by atoms with Gasteiger partial charge >= 0.3 is 0 Å². The van der Waals surface area contributed by atoms with Gasteiger partial charge in [-0.1, -0.05) is 6.07 Å². The van der Waals surface area contributed by atoms with Gasteiger partial charge in [-0.3, -0.25) is 0 Å². The number of anilines is 1. The van der Waals surface area contributed by atoms with E-state index in [2.05, 4.69) is 0 Å². The van der Waals surface area contributed by atoms with Crippen molar-refractivity contribution in [1.82, 2.24) is 0 Å². The topological polar surface area (TPSA) is 49.8 Å². The van der Waals surface area contributed by atoms with Gasteiger partial charge in [-0.05, 0) is 12.5 Å². The molecule has 0 radical (unpaired) electrons. The van der Waals surface area contributed by atoms with Crippen LogP contribution in [0.1, 0.15) is 17.9 Å². The maximum absolute atomic E-state index is 11.0. The minimum Gasteiger partial charge on any atom is -0.506 e. The van der Waals surface area contributed by atoms with Gasteiger partial charge in [0.15, 0.2) is 0 Å². The molecule has 2 rings (SSSR count). The van der Waals surface area contributed by atoms with Crippen LogP contribution < -0.4 is 9.64 Å². The predicted octanol–water partition coefficient (Wildman–Crippen LogP) is 1.52. The van der Waals surface area contributed by atoms with Gasteiger partial charge in [0.2, 0.25) is 0 Å². The Balaban J connectivity index is 2.58. The average Bonchev–Trinajstić information content (AvgIpc) is 2.27. The number of hydrogen-bond donors (Lipinski definition) is 1. The number of fused-ring (bicyclic) bond motifs is 1. The molecule has 1 unspecified atom stereocenters. The van der Waals surface area contributed by atoms with E-state index in [1.807, 2.05) is 14.1 Å². The Bertz CT molecular complexity index is 415. The molecule has 0 spiro atoms. The van der Waals surface area contributed by atoms with E-state index in [-0.39, 0.29) is 11.7 Å². The van der Waals surface area contributed by atoms with Gasteiger partial charge in [-0.2, -0.15) is 0 Å². The Hall–Kier alpha value is -1.71. The Morgan fingerprint density at radius 2 is 2.25 bits per heavy atom. The fourth-order valence-electron chi connectivity index (χ4n) is 2.04. The van der Waals surface area contributed by atoms with E-state index in [0.29, 0.717) is 24.5 Å². The van der Waals surface area contributed by atoms with E-state index >= 15 is 0 Å². The van der Waals surface area contributed by atoms with Crippen LogP contribution in [0.25, 0.3) is 0 Å². The van der Waals surface area contributed by atoms with Crippen molar-refractivity contribution in [3.63, 3.8) is 0 Å². The molecule has 0 saturated heterocycles. The zero-order chi connectivity index (χ0) is 11.7. The van der Waals surface area contributed by atoms with Crippen LogP contribution in [0.3, 0.4) is 0 Å². The molecule has 0 aliphatic carbocycles. The third-order valence-electron chi connectivity index (χ3n) is 2.83. The molecule has 1 aromatic carbocycles. The molecule has 1 aliphatic heterocycles. The lowest BCUT2D eigenvalue weighted by Crippen LogP contribution is -2.19. The van der Waals surface area contributed by atoms with E-state index in [1.54, 1.807) is 17.0 Å². The number of carbonyl (C=O) groups excluding carboxylic acids is 1. The first-order valence-corrected chi connectivity index (χ1v) is 5.26. The maximum atomic E-state index is 11.0. The summed E-state index contributed by atoms with van der Waals surface area (Å²) >= 11 is 0. The molecule has 1 N–H and O–H groups in total. The van der Waals surface area contributed by atoms with E-state index in [0.717, 1.165) is 11.8 Å². The van der Waals surface area contributed by atoms with Crippen LogP contribution in [0.5, 0.6) is 11.5 Å². The second-order valence-corrected chi connectivity index (χ2v) is 4.13. The highest BCUT2D eigenvalue weighted by Crippen LogP contribution is 2.44. The molecule has 0 saturated carbocycles. The number of carbonyl (C=O) groups is 1. The number of benzene rings is 1. The van der Waals surface area contributed by atoms with Crippen LogP contribution >= 0.6 is 0 Å². The van der Waals surface area contributed by atoms with Crippen molar-refractivity contribution in [1.29, 1.82) is 0 Å². The van der Waals surface area contributed by atoms with Crippen LogP contribution in [0, 0.1) is 0 Å². The summed E-state index contributed by atoms with van der Waals surface area (Å²) in [6.07, 6.45) is 1.64.